The Morgan fingerprint density at radius 3 is 2.00 bits per heavy atom. The summed E-state index contributed by atoms with van der Waals surface area (Å²) in [5, 5.41) is 0.711. The quantitative estimate of drug-likeness (QED) is 0.224. The molecule has 7 heteroatoms. The van der Waals surface area contributed by atoms with E-state index in [0.717, 1.165) is 12.8 Å². The van der Waals surface area contributed by atoms with Gasteiger partial charge in [-0.1, -0.05) is 69.0 Å². The molecule has 0 amide bonds. The molecule has 4 rings (SSSR count). The van der Waals surface area contributed by atoms with E-state index in [1.54, 1.807) is 0 Å². The van der Waals surface area contributed by atoms with Gasteiger partial charge in [0, 0.05) is 3.92 Å². The lowest BCUT2D eigenvalue weighted by Gasteiger charge is -2.41. The Hall–Kier alpha value is 2.21. The van der Waals surface area contributed by atoms with Crippen LogP contribution in [0.15, 0.2) is 10.1 Å². The molecule has 106 valence electrons. The summed E-state index contributed by atoms with van der Waals surface area (Å²) in [5.74, 6) is 1.22. The topological polar surface area (TPSA) is 0 Å². The number of alkyl halides is 5. The number of fused-ring (bicyclic) bond motifs is 9. The van der Waals surface area contributed by atoms with Crippen LogP contribution >= 0.6 is 92.2 Å². The Bertz CT molecular complexity index is 518. The number of allylic oxidation sites excluding steroid dienone is 2. The molecule has 0 aliphatic heterocycles. The van der Waals surface area contributed by atoms with Crippen LogP contribution in [0.2, 0.25) is 0 Å². The molecule has 0 heterocycles. The largest absolute Gasteiger partial charge is 0.166 e. The molecule has 0 saturated heterocycles. The molecule has 0 radical (unpaired) electrons. The predicted octanol–water partition coefficient (Wildman–Crippen LogP) is 5.91. The van der Waals surface area contributed by atoms with Gasteiger partial charge in [-0.2, -0.15) is 0 Å². The van der Waals surface area contributed by atoms with Crippen molar-refractivity contribution in [2.24, 2.45) is 23.7 Å². The molecule has 3 saturated carbocycles. The maximum absolute atomic E-state index is 6.86. The standard InChI is InChI=1S/C12H9Cl6I/c13-8-9(14)11(16)7-4-1-3(2-5(4)19)6(7)10(8,15)12(11,17)18/h3-7H,1-2H2/t3-,4+,5+,6?,7?,10?,11?/m0/s1. The molecule has 0 aromatic rings. The van der Waals surface area contributed by atoms with Crippen molar-refractivity contribution in [1.82, 2.24) is 0 Å². The first-order valence-electron chi connectivity index (χ1n) is 6.15. The third-order valence-electron chi connectivity index (χ3n) is 5.59. The summed E-state index contributed by atoms with van der Waals surface area (Å²) in [6.07, 6.45) is 2.27. The number of hydrogen-bond acceptors (Lipinski definition) is 0. The maximum atomic E-state index is 6.86. The van der Waals surface area contributed by atoms with E-state index in [1.807, 2.05) is 0 Å². The summed E-state index contributed by atoms with van der Waals surface area (Å²) >= 11 is 42.2. The second-order valence-corrected chi connectivity index (χ2v) is 11.0. The van der Waals surface area contributed by atoms with Gasteiger partial charge in [0.25, 0.3) is 0 Å². The Morgan fingerprint density at radius 1 is 0.895 bits per heavy atom. The van der Waals surface area contributed by atoms with Gasteiger partial charge in [0.1, 0.15) is 9.75 Å². The van der Waals surface area contributed by atoms with Gasteiger partial charge < -0.3 is 0 Å². The molecule has 0 spiro atoms. The molecule has 3 fully saturated rings. The molecular weight excluding hydrogens is 484 g/mol. The molecule has 4 aliphatic carbocycles. The molecular formula is C12H9Cl6I. The lowest BCUT2D eigenvalue weighted by molar-refractivity contribution is 0.228. The normalized spacial score (nSPS) is 61.1. The second kappa shape index (κ2) is 3.99. The highest BCUT2D eigenvalue weighted by Gasteiger charge is 2.86. The molecule has 0 aromatic carbocycles. The van der Waals surface area contributed by atoms with E-state index in [-0.39, 0.29) is 11.8 Å². The molecule has 4 unspecified atom stereocenters. The molecule has 19 heavy (non-hydrogen) atoms. The third-order valence-corrected chi connectivity index (χ3v) is 11.3. The average molecular weight is 493 g/mol. The highest BCUT2D eigenvalue weighted by atomic mass is 127. The van der Waals surface area contributed by atoms with Gasteiger partial charge in [-0.3, -0.25) is 0 Å². The van der Waals surface area contributed by atoms with Crippen LogP contribution in [0.5, 0.6) is 0 Å². The van der Waals surface area contributed by atoms with Crippen LogP contribution in [0.4, 0.5) is 0 Å². The average Bonchev–Trinajstić information content (AvgIpc) is 2.95. The fourth-order valence-electron chi connectivity index (χ4n) is 4.97. The van der Waals surface area contributed by atoms with Gasteiger partial charge in [0.2, 0.25) is 0 Å². The lowest BCUT2D eigenvalue weighted by Crippen LogP contribution is -2.46. The molecule has 0 N–H and O–H groups in total. The first-order chi connectivity index (χ1) is 8.69. The minimum atomic E-state index is -1.34. The van der Waals surface area contributed by atoms with Crippen molar-refractivity contribution in [2.75, 3.05) is 0 Å². The summed E-state index contributed by atoms with van der Waals surface area (Å²) in [5.41, 5.74) is 0. The van der Waals surface area contributed by atoms with Crippen LogP contribution in [0.3, 0.4) is 0 Å². The zero-order valence-corrected chi connectivity index (χ0v) is 16.1. The highest BCUT2D eigenvalue weighted by Crippen LogP contribution is 2.82. The van der Waals surface area contributed by atoms with E-state index in [0.29, 0.717) is 25.8 Å². The monoisotopic (exact) mass is 490 g/mol. The van der Waals surface area contributed by atoms with Gasteiger partial charge in [0.15, 0.2) is 4.33 Å². The minimum absolute atomic E-state index is 0.123. The van der Waals surface area contributed by atoms with Crippen LogP contribution < -0.4 is 0 Å². The second-order valence-electron chi connectivity index (χ2n) is 6.09. The van der Waals surface area contributed by atoms with E-state index in [2.05, 4.69) is 22.6 Å². The fourth-order valence-corrected chi connectivity index (χ4v) is 9.51. The summed E-state index contributed by atoms with van der Waals surface area (Å²) in [6.45, 7) is 0. The van der Waals surface area contributed by atoms with Crippen LogP contribution in [0.25, 0.3) is 0 Å². The maximum Gasteiger partial charge on any atom is 0.166 e. The van der Waals surface area contributed by atoms with Crippen LogP contribution in [0, 0.1) is 23.7 Å². The Balaban J connectivity index is 1.99. The van der Waals surface area contributed by atoms with E-state index in [9.17, 15) is 0 Å². The highest BCUT2D eigenvalue weighted by molar-refractivity contribution is 14.1. The smallest absolute Gasteiger partial charge is 0.109 e. The summed E-state index contributed by atoms with van der Waals surface area (Å²) in [4.78, 5) is -2.07. The SMILES string of the molecule is ClC1=C(Cl)C2(Cl)C3C([C@@H]4C[C@@H](I)[C@H]3C4)C1(Cl)C2(Cl)Cl. The molecule has 4 aliphatic rings. The number of halogens is 7. The summed E-state index contributed by atoms with van der Waals surface area (Å²) in [7, 11) is 0. The molecule has 0 nitrogen and oxygen atoms in total. The Morgan fingerprint density at radius 2 is 1.42 bits per heavy atom. The Labute approximate surface area is 155 Å². The zero-order valence-electron chi connectivity index (χ0n) is 9.45. The van der Waals surface area contributed by atoms with Crippen molar-refractivity contribution >= 4 is 92.2 Å². The van der Waals surface area contributed by atoms with Crippen molar-refractivity contribution in [1.29, 1.82) is 0 Å². The van der Waals surface area contributed by atoms with E-state index >= 15 is 0 Å². The van der Waals surface area contributed by atoms with E-state index in [1.165, 1.54) is 0 Å². The summed E-state index contributed by atoms with van der Waals surface area (Å²) in [6, 6.07) is 0. The minimum Gasteiger partial charge on any atom is -0.109 e. The van der Waals surface area contributed by atoms with Crippen molar-refractivity contribution in [2.45, 2.75) is 30.8 Å². The van der Waals surface area contributed by atoms with Crippen molar-refractivity contribution in [3.8, 4) is 0 Å². The lowest BCUT2D eigenvalue weighted by atomic mass is 9.72. The van der Waals surface area contributed by atoms with Crippen molar-refractivity contribution < 1.29 is 0 Å². The van der Waals surface area contributed by atoms with Gasteiger partial charge >= 0.3 is 0 Å². The van der Waals surface area contributed by atoms with E-state index < -0.39 is 14.1 Å². The van der Waals surface area contributed by atoms with Crippen molar-refractivity contribution in [3.63, 3.8) is 0 Å². The van der Waals surface area contributed by atoms with E-state index in [4.69, 9.17) is 69.6 Å². The first-order valence-corrected chi connectivity index (χ1v) is 9.66. The van der Waals surface area contributed by atoms with Crippen LogP contribution in [-0.2, 0) is 0 Å². The van der Waals surface area contributed by atoms with Gasteiger partial charge in [-0.15, -0.1) is 23.2 Å². The van der Waals surface area contributed by atoms with Gasteiger partial charge in [-0.25, -0.2) is 0 Å². The Kier molecular flexibility index (Phi) is 3.11. The zero-order chi connectivity index (χ0) is 14.0. The predicted molar refractivity (Wildman–Crippen MR) is 91.3 cm³/mol. The third kappa shape index (κ3) is 1.29. The molecule has 0 aromatic heterocycles. The van der Waals surface area contributed by atoms with Crippen molar-refractivity contribution in [3.05, 3.63) is 10.1 Å². The van der Waals surface area contributed by atoms with Crippen LogP contribution in [0.1, 0.15) is 12.8 Å². The van der Waals surface area contributed by atoms with Gasteiger partial charge in [-0.05, 0) is 36.5 Å². The molecule has 4 bridgehead atoms. The number of rotatable bonds is 0. The summed E-state index contributed by atoms with van der Waals surface area (Å²) < 4.78 is -0.754. The van der Waals surface area contributed by atoms with Crippen LogP contribution in [-0.4, -0.2) is 18.0 Å². The fraction of sp³-hybridized carbons (Fsp3) is 0.833. The van der Waals surface area contributed by atoms with Gasteiger partial charge in [0.05, 0.1) is 10.1 Å². The first kappa shape index (κ1) is 14.8. The molecule has 7 atom stereocenters. The number of hydrogen-bond donors (Lipinski definition) is 0.